The zero-order chi connectivity index (χ0) is 11.1. The summed E-state index contributed by atoms with van der Waals surface area (Å²) >= 11 is 0. The predicted molar refractivity (Wildman–Crippen MR) is 71.3 cm³/mol. The van der Waals surface area contributed by atoms with Crippen LogP contribution >= 0.6 is 12.4 Å². The summed E-state index contributed by atoms with van der Waals surface area (Å²) in [6, 6.07) is 8.16. The number of para-hydroxylation sites is 1. The maximum absolute atomic E-state index is 6.13. The number of ether oxygens (including phenoxy) is 1. The van der Waals surface area contributed by atoms with E-state index in [0.29, 0.717) is 6.61 Å². The molecule has 0 aliphatic rings. The second kappa shape index (κ2) is 8.43. The Bertz CT molecular complexity index is 291. The normalized spacial score (nSPS) is 11.7. The van der Waals surface area contributed by atoms with Gasteiger partial charge in [0.05, 0.1) is 6.61 Å². The Kier molecular flexibility index (Phi) is 8.04. The Labute approximate surface area is 105 Å². The van der Waals surface area contributed by atoms with Gasteiger partial charge in [0, 0.05) is 11.6 Å². The molecule has 0 aliphatic heterocycles. The van der Waals surface area contributed by atoms with Crippen LogP contribution in [0.25, 0.3) is 0 Å². The molecule has 2 N–H and O–H groups in total. The van der Waals surface area contributed by atoms with Crippen molar-refractivity contribution >= 4 is 12.4 Å². The number of hydrogen-bond acceptors (Lipinski definition) is 2. The number of nitrogens with two attached hydrogens (primary N) is 1. The van der Waals surface area contributed by atoms with Crippen LogP contribution in [-0.2, 0) is 0 Å². The van der Waals surface area contributed by atoms with Crippen LogP contribution < -0.4 is 10.5 Å². The fraction of sp³-hybridized carbons (Fsp3) is 0.538. The van der Waals surface area contributed by atoms with Gasteiger partial charge in [-0.1, -0.05) is 38.0 Å². The predicted octanol–water partition coefficient (Wildman–Crippen LogP) is 3.70. The van der Waals surface area contributed by atoms with Crippen molar-refractivity contribution in [2.75, 3.05) is 6.61 Å². The third kappa shape index (κ3) is 4.42. The first-order valence-corrected chi connectivity index (χ1v) is 5.76. The zero-order valence-electron chi connectivity index (χ0n) is 10.1. The molecule has 1 aromatic rings. The highest BCUT2D eigenvalue weighted by molar-refractivity contribution is 5.85. The molecule has 0 aliphatic carbocycles. The van der Waals surface area contributed by atoms with Gasteiger partial charge in [0.2, 0.25) is 0 Å². The van der Waals surface area contributed by atoms with Crippen LogP contribution in [0.5, 0.6) is 5.75 Å². The smallest absolute Gasteiger partial charge is 0.124 e. The highest BCUT2D eigenvalue weighted by Crippen LogP contribution is 2.26. The minimum Gasteiger partial charge on any atom is -0.494 e. The first-order valence-electron chi connectivity index (χ1n) is 5.76. The van der Waals surface area contributed by atoms with E-state index in [0.717, 1.165) is 17.7 Å². The van der Waals surface area contributed by atoms with Crippen molar-refractivity contribution in [2.24, 2.45) is 5.73 Å². The van der Waals surface area contributed by atoms with E-state index < -0.39 is 0 Å². The first kappa shape index (κ1) is 15.3. The summed E-state index contributed by atoms with van der Waals surface area (Å²) in [4.78, 5) is 0. The summed E-state index contributed by atoms with van der Waals surface area (Å²) in [6.07, 6.45) is 3.38. The number of halogens is 1. The standard InChI is InChI=1S/C13H21NO.ClH/c1-3-5-9-12(14)11-8-6-7-10-13(11)15-4-2;/h6-8,10,12H,3-5,9,14H2,1-2H3;1H/t12-;/m0./s1. The molecule has 0 amide bonds. The van der Waals surface area contributed by atoms with Gasteiger partial charge in [0.1, 0.15) is 5.75 Å². The van der Waals surface area contributed by atoms with Crippen LogP contribution in [0, 0.1) is 0 Å². The minimum absolute atomic E-state index is 0. The molecule has 0 unspecified atom stereocenters. The molecule has 0 radical (unpaired) electrons. The number of hydrogen-bond donors (Lipinski definition) is 1. The minimum atomic E-state index is 0. The molecule has 92 valence electrons. The van der Waals surface area contributed by atoms with Gasteiger partial charge in [-0.2, -0.15) is 0 Å². The number of unbranched alkanes of at least 4 members (excludes halogenated alkanes) is 1. The third-order valence-electron chi connectivity index (χ3n) is 2.49. The van der Waals surface area contributed by atoms with Gasteiger partial charge in [-0.05, 0) is 19.4 Å². The molecule has 3 heteroatoms. The molecule has 2 nitrogen and oxygen atoms in total. The summed E-state index contributed by atoms with van der Waals surface area (Å²) in [7, 11) is 0. The van der Waals surface area contributed by atoms with Crippen LogP contribution in [0.4, 0.5) is 0 Å². The molecule has 0 saturated carbocycles. The van der Waals surface area contributed by atoms with E-state index in [4.69, 9.17) is 10.5 Å². The van der Waals surface area contributed by atoms with Crippen LogP contribution in [0.15, 0.2) is 24.3 Å². The maximum Gasteiger partial charge on any atom is 0.124 e. The van der Waals surface area contributed by atoms with Crippen LogP contribution in [0.3, 0.4) is 0 Å². The SMILES string of the molecule is CCCC[C@H](N)c1ccccc1OCC.Cl. The Morgan fingerprint density at radius 1 is 1.25 bits per heavy atom. The van der Waals surface area contributed by atoms with Crippen molar-refractivity contribution in [2.45, 2.75) is 39.2 Å². The molecule has 1 atom stereocenters. The Morgan fingerprint density at radius 2 is 1.94 bits per heavy atom. The van der Waals surface area contributed by atoms with E-state index in [-0.39, 0.29) is 18.4 Å². The largest absolute Gasteiger partial charge is 0.494 e. The second-order valence-corrected chi connectivity index (χ2v) is 3.72. The molecule has 0 heterocycles. The summed E-state index contributed by atoms with van der Waals surface area (Å²) < 4.78 is 5.56. The summed E-state index contributed by atoms with van der Waals surface area (Å²) in [5.74, 6) is 0.934. The van der Waals surface area contributed by atoms with Crippen LogP contribution in [-0.4, -0.2) is 6.61 Å². The fourth-order valence-electron chi connectivity index (χ4n) is 1.65. The number of rotatable bonds is 6. The lowest BCUT2D eigenvalue weighted by Crippen LogP contribution is -2.11. The van der Waals surface area contributed by atoms with Gasteiger partial charge in [0.25, 0.3) is 0 Å². The van der Waals surface area contributed by atoms with E-state index in [1.54, 1.807) is 0 Å². The highest BCUT2D eigenvalue weighted by Gasteiger charge is 2.10. The molecule has 0 saturated heterocycles. The van der Waals surface area contributed by atoms with Gasteiger partial charge in [-0.15, -0.1) is 12.4 Å². The fourth-order valence-corrected chi connectivity index (χ4v) is 1.65. The molecule has 1 rings (SSSR count). The second-order valence-electron chi connectivity index (χ2n) is 3.72. The molecular formula is C13H22ClNO. The molecule has 0 bridgehead atoms. The molecule has 0 spiro atoms. The summed E-state index contributed by atoms with van der Waals surface area (Å²) in [6.45, 7) is 4.87. The van der Waals surface area contributed by atoms with E-state index in [1.807, 2.05) is 25.1 Å². The van der Waals surface area contributed by atoms with E-state index >= 15 is 0 Å². The van der Waals surface area contributed by atoms with Crippen molar-refractivity contribution in [1.82, 2.24) is 0 Å². The van der Waals surface area contributed by atoms with Crippen molar-refractivity contribution < 1.29 is 4.74 Å². The molecular weight excluding hydrogens is 222 g/mol. The zero-order valence-corrected chi connectivity index (χ0v) is 10.9. The molecule has 0 fully saturated rings. The van der Waals surface area contributed by atoms with Crippen LogP contribution in [0.1, 0.15) is 44.7 Å². The van der Waals surface area contributed by atoms with E-state index in [1.165, 1.54) is 12.8 Å². The Hall–Kier alpha value is -0.730. The Morgan fingerprint density at radius 3 is 2.56 bits per heavy atom. The summed E-state index contributed by atoms with van der Waals surface area (Å²) in [5.41, 5.74) is 7.26. The van der Waals surface area contributed by atoms with Gasteiger partial charge < -0.3 is 10.5 Å². The first-order chi connectivity index (χ1) is 7.29. The lowest BCUT2D eigenvalue weighted by molar-refractivity contribution is 0.333. The molecule has 1 aromatic carbocycles. The lowest BCUT2D eigenvalue weighted by Gasteiger charge is -2.15. The number of benzene rings is 1. The summed E-state index contributed by atoms with van der Waals surface area (Å²) in [5, 5.41) is 0. The third-order valence-corrected chi connectivity index (χ3v) is 2.49. The highest BCUT2D eigenvalue weighted by atomic mass is 35.5. The van der Waals surface area contributed by atoms with Gasteiger partial charge >= 0.3 is 0 Å². The van der Waals surface area contributed by atoms with Gasteiger partial charge in [-0.25, -0.2) is 0 Å². The van der Waals surface area contributed by atoms with Crippen molar-refractivity contribution in [3.05, 3.63) is 29.8 Å². The van der Waals surface area contributed by atoms with Gasteiger partial charge in [0.15, 0.2) is 0 Å². The van der Waals surface area contributed by atoms with Crippen molar-refractivity contribution in [3.8, 4) is 5.75 Å². The van der Waals surface area contributed by atoms with Crippen molar-refractivity contribution in [1.29, 1.82) is 0 Å². The van der Waals surface area contributed by atoms with Crippen molar-refractivity contribution in [3.63, 3.8) is 0 Å². The van der Waals surface area contributed by atoms with Gasteiger partial charge in [-0.3, -0.25) is 0 Å². The van der Waals surface area contributed by atoms with Crippen LogP contribution in [0.2, 0.25) is 0 Å². The quantitative estimate of drug-likeness (QED) is 0.827. The average Bonchev–Trinajstić information content (AvgIpc) is 2.27. The average molecular weight is 244 g/mol. The monoisotopic (exact) mass is 243 g/mol. The van der Waals surface area contributed by atoms with E-state index in [9.17, 15) is 0 Å². The Balaban J connectivity index is 0.00000225. The maximum atomic E-state index is 6.13. The molecule has 16 heavy (non-hydrogen) atoms. The topological polar surface area (TPSA) is 35.2 Å². The molecule has 0 aromatic heterocycles. The van der Waals surface area contributed by atoms with E-state index in [2.05, 4.69) is 13.0 Å². The lowest BCUT2D eigenvalue weighted by atomic mass is 10.0.